The van der Waals surface area contributed by atoms with Crippen molar-refractivity contribution < 1.29 is 17.9 Å². The van der Waals surface area contributed by atoms with Crippen LogP contribution in [0.5, 0.6) is 5.75 Å². The Labute approximate surface area is 188 Å². The number of nitrogens with one attached hydrogen (secondary N) is 1. The summed E-state index contributed by atoms with van der Waals surface area (Å²) in [4.78, 5) is 8.96. The molecule has 4 nitrogen and oxygen atoms in total. The summed E-state index contributed by atoms with van der Waals surface area (Å²) >= 11 is 1.32. The number of rotatable bonds is 8. The number of unbranched alkanes of at least 4 members (excludes halogenated alkanes) is 2. The van der Waals surface area contributed by atoms with E-state index in [4.69, 9.17) is 4.74 Å². The van der Waals surface area contributed by atoms with E-state index in [2.05, 4.69) is 15.3 Å². The minimum atomic E-state index is -4.51. The van der Waals surface area contributed by atoms with Crippen molar-refractivity contribution in [2.24, 2.45) is 0 Å². The summed E-state index contributed by atoms with van der Waals surface area (Å²) in [6.07, 6.45) is -0.154. The summed E-state index contributed by atoms with van der Waals surface area (Å²) < 4.78 is 46.1. The van der Waals surface area contributed by atoms with Gasteiger partial charge in [-0.15, -0.1) is 11.3 Å². The lowest BCUT2D eigenvalue weighted by Crippen LogP contribution is -2.10. The molecule has 8 heteroatoms. The fourth-order valence-electron chi connectivity index (χ4n) is 3.29. The van der Waals surface area contributed by atoms with Gasteiger partial charge in [-0.05, 0) is 36.8 Å². The van der Waals surface area contributed by atoms with Crippen LogP contribution < -0.4 is 10.1 Å². The molecule has 2 aromatic carbocycles. The molecule has 1 N–H and O–H groups in total. The second kappa shape index (κ2) is 9.56. The molecule has 0 radical (unpaired) electrons. The van der Waals surface area contributed by atoms with E-state index in [1.54, 1.807) is 12.3 Å². The average Bonchev–Trinajstić information content (AvgIpc) is 3.25. The monoisotopic (exact) mass is 457 g/mol. The van der Waals surface area contributed by atoms with E-state index in [0.29, 0.717) is 16.5 Å². The Morgan fingerprint density at radius 1 is 1.06 bits per heavy atom. The molecule has 0 aliphatic rings. The Balaban J connectivity index is 1.53. The fraction of sp³-hybridized carbons (Fsp3) is 0.250. The number of alkyl halides is 3. The molecule has 4 aromatic rings. The Hall–Kier alpha value is -3.13. The van der Waals surface area contributed by atoms with Crippen LogP contribution in [0.15, 0.2) is 60.1 Å². The van der Waals surface area contributed by atoms with Crippen molar-refractivity contribution in [3.05, 3.63) is 65.7 Å². The average molecular weight is 458 g/mol. The number of halogens is 3. The fourth-order valence-corrected chi connectivity index (χ4v) is 4.03. The van der Waals surface area contributed by atoms with Crippen molar-refractivity contribution in [2.75, 3.05) is 11.9 Å². The Bertz CT molecular complexity index is 1210. The zero-order valence-corrected chi connectivity index (χ0v) is 18.3. The molecule has 166 valence electrons. The zero-order valence-electron chi connectivity index (χ0n) is 17.4. The van der Waals surface area contributed by atoms with E-state index < -0.39 is 11.7 Å². The molecule has 0 amide bonds. The quantitative estimate of drug-likeness (QED) is 0.276. The second-order valence-electron chi connectivity index (χ2n) is 7.34. The van der Waals surface area contributed by atoms with Crippen molar-refractivity contribution in [3.63, 3.8) is 0 Å². The van der Waals surface area contributed by atoms with E-state index in [1.165, 1.54) is 17.4 Å². The summed E-state index contributed by atoms with van der Waals surface area (Å²) in [6.45, 7) is 2.29. The van der Waals surface area contributed by atoms with Crippen LogP contribution in [-0.2, 0) is 6.18 Å². The normalized spacial score (nSPS) is 11.6. The van der Waals surface area contributed by atoms with Crippen LogP contribution in [-0.4, -0.2) is 16.6 Å². The standard InChI is InChI=1S/C24H22F3N3OS/c1-2-3-6-11-31-22-10-9-18(13-19(22)24(25,26)27)29-23-30-21(15-32-23)17-12-16-7-4-5-8-20(16)28-14-17/h4-5,7-10,12-15H,2-3,6,11H2,1H3,(H,29,30). The first-order valence-electron chi connectivity index (χ1n) is 10.4. The largest absolute Gasteiger partial charge is 0.493 e. The third kappa shape index (κ3) is 5.19. The molecule has 0 bridgehead atoms. The van der Waals surface area contributed by atoms with E-state index >= 15 is 0 Å². The Morgan fingerprint density at radius 3 is 2.72 bits per heavy atom. The van der Waals surface area contributed by atoms with E-state index in [-0.39, 0.29) is 12.4 Å². The molecule has 2 heterocycles. The maximum atomic E-state index is 13.6. The topological polar surface area (TPSA) is 47.0 Å². The molecule has 0 fully saturated rings. The summed E-state index contributed by atoms with van der Waals surface area (Å²) in [5.74, 6) is -0.152. The van der Waals surface area contributed by atoms with Gasteiger partial charge in [-0.3, -0.25) is 4.98 Å². The molecule has 32 heavy (non-hydrogen) atoms. The summed E-state index contributed by atoms with van der Waals surface area (Å²) in [5, 5.41) is 6.33. The van der Waals surface area contributed by atoms with Gasteiger partial charge in [-0.2, -0.15) is 13.2 Å². The minimum Gasteiger partial charge on any atom is -0.493 e. The minimum absolute atomic E-state index is 0.152. The predicted octanol–water partition coefficient (Wildman–Crippen LogP) is 7.69. The van der Waals surface area contributed by atoms with Gasteiger partial charge in [0, 0.05) is 28.2 Å². The Kier molecular flexibility index (Phi) is 6.60. The third-order valence-corrected chi connectivity index (χ3v) is 5.69. The lowest BCUT2D eigenvalue weighted by Gasteiger charge is -2.15. The maximum absolute atomic E-state index is 13.6. The lowest BCUT2D eigenvalue weighted by molar-refractivity contribution is -0.138. The number of anilines is 2. The van der Waals surface area contributed by atoms with Crippen molar-refractivity contribution >= 4 is 33.1 Å². The molecule has 2 aromatic heterocycles. The van der Waals surface area contributed by atoms with Gasteiger partial charge in [-0.25, -0.2) is 4.98 Å². The van der Waals surface area contributed by atoms with Crippen LogP contribution in [0.3, 0.4) is 0 Å². The van der Waals surface area contributed by atoms with Crippen LogP contribution in [0.1, 0.15) is 31.7 Å². The number of benzene rings is 2. The molecule has 0 aliphatic heterocycles. The molecule has 0 saturated heterocycles. The molecule has 0 saturated carbocycles. The molecule has 0 spiro atoms. The first-order chi connectivity index (χ1) is 15.4. The number of pyridine rings is 1. The number of nitrogens with zero attached hydrogens (tertiary/aromatic N) is 2. The van der Waals surface area contributed by atoms with Gasteiger partial charge < -0.3 is 10.1 Å². The number of aromatic nitrogens is 2. The van der Waals surface area contributed by atoms with Crippen molar-refractivity contribution in [1.82, 2.24) is 9.97 Å². The number of fused-ring (bicyclic) bond motifs is 1. The number of thiazole rings is 1. The summed E-state index contributed by atoms with van der Waals surface area (Å²) in [5.41, 5.74) is 1.95. The van der Waals surface area contributed by atoms with Crippen LogP contribution in [0.25, 0.3) is 22.2 Å². The first-order valence-corrected chi connectivity index (χ1v) is 11.2. The number of ether oxygens (including phenoxy) is 1. The number of hydrogen-bond acceptors (Lipinski definition) is 5. The number of para-hydroxylation sites is 1. The molecular weight excluding hydrogens is 435 g/mol. The van der Waals surface area contributed by atoms with Gasteiger partial charge >= 0.3 is 6.18 Å². The van der Waals surface area contributed by atoms with Gasteiger partial charge in [0.2, 0.25) is 0 Å². The van der Waals surface area contributed by atoms with Gasteiger partial charge in [0.1, 0.15) is 5.75 Å². The molecule has 0 atom stereocenters. The molecule has 0 unspecified atom stereocenters. The van der Waals surface area contributed by atoms with Crippen LogP contribution in [0.2, 0.25) is 0 Å². The zero-order chi connectivity index (χ0) is 22.6. The lowest BCUT2D eigenvalue weighted by atomic mass is 10.1. The Morgan fingerprint density at radius 2 is 1.91 bits per heavy atom. The summed E-state index contributed by atoms with van der Waals surface area (Å²) in [6, 6.07) is 13.8. The van der Waals surface area contributed by atoms with Gasteiger partial charge in [0.05, 0.1) is 23.4 Å². The summed E-state index contributed by atoms with van der Waals surface area (Å²) in [7, 11) is 0. The highest BCUT2D eigenvalue weighted by atomic mass is 32.1. The predicted molar refractivity (Wildman–Crippen MR) is 123 cm³/mol. The highest BCUT2D eigenvalue weighted by Gasteiger charge is 2.34. The molecule has 0 aliphatic carbocycles. The van der Waals surface area contributed by atoms with E-state index in [0.717, 1.165) is 41.8 Å². The highest BCUT2D eigenvalue weighted by Crippen LogP contribution is 2.39. The molecular formula is C24H22F3N3OS. The number of hydrogen-bond donors (Lipinski definition) is 1. The van der Waals surface area contributed by atoms with Crippen LogP contribution in [0, 0.1) is 0 Å². The first kappa shape index (κ1) is 22.1. The van der Waals surface area contributed by atoms with Crippen molar-refractivity contribution in [3.8, 4) is 17.0 Å². The molecule has 4 rings (SSSR count). The van der Waals surface area contributed by atoms with E-state index in [9.17, 15) is 13.2 Å². The second-order valence-corrected chi connectivity index (χ2v) is 8.20. The van der Waals surface area contributed by atoms with Crippen LogP contribution in [0.4, 0.5) is 24.0 Å². The highest BCUT2D eigenvalue weighted by molar-refractivity contribution is 7.14. The van der Waals surface area contributed by atoms with Crippen molar-refractivity contribution in [2.45, 2.75) is 32.4 Å². The van der Waals surface area contributed by atoms with Gasteiger partial charge in [0.15, 0.2) is 5.13 Å². The van der Waals surface area contributed by atoms with Gasteiger partial charge in [0.25, 0.3) is 0 Å². The van der Waals surface area contributed by atoms with E-state index in [1.807, 2.05) is 42.6 Å². The van der Waals surface area contributed by atoms with Gasteiger partial charge in [-0.1, -0.05) is 38.0 Å². The van der Waals surface area contributed by atoms with Crippen molar-refractivity contribution in [1.29, 1.82) is 0 Å². The maximum Gasteiger partial charge on any atom is 0.420 e. The smallest absolute Gasteiger partial charge is 0.420 e. The SMILES string of the molecule is CCCCCOc1ccc(Nc2nc(-c3cnc4ccccc4c3)cs2)cc1C(F)(F)F. The third-order valence-electron chi connectivity index (χ3n) is 4.93. The van der Waals surface area contributed by atoms with Crippen LogP contribution >= 0.6 is 11.3 Å².